The Hall–Kier alpha value is -4.56. The zero-order chi connectivity index (χ0) is 30.6. The molecule has 1 aliphatic heterocycles. The van der Waals surface area contributed by atoms with E-state index in [1.807, 2.05) is 0 Å². The van der Waals surface area contributed by atoms with Crippen molar-refractivity contribution in [2.45, 2.75) is 50.7 Å². The monoisotopic (exact) mass is 592 g/mol. The Morgan fingerprint density at radius 3 is 2.24 bits per heavy atom. The van der Waals surface area contributed by atoms with Crippen molar-refractivity contribution in [3.63, 3.8) is 0 Å². The summed E-state index contributed by atoms with van der Waals surface area (Å²) in [6, 6.07) is 1.30. The number of hydrogen-bond acceptors (Lipinski definition) is 8. The summed E-state index contributed by atoms with van der Waals surface area (Å²) in [6.45, 7) is 2.43. The number of ether oxygens (including phenoxy) is 2. The van der Waals surface area contributed by atoms with Crippen molar-refractivity contribution >= 4 is 40.7 Å². The summed E-state index contributed by atoms with van der Waals surface area (Å²) < 4.78 is 38.9. The summed E-state index contributed by atoms with van der Waals surface area (Å²) >= 11 is 0. The lowest BCUT2D eigenvalue weighted by Crippen LogP contribution is -2.56. The molecule has 1 unspecified atom stereocenters. The molecule has 226 valence electrons. The molecular weight excluding hydrogens is 562 g/mol. The average molecular weight is 593 g/mol. The van der Waals surface area contributed by atoms with E-state index in [1.165, 1.54) is 9.80 Å². The number of aliphatic carboxylic acids is 2. The minimum absolute atomic E-state index is 0.0593. The van der Waals surface area contributed by atoms with Gasteiger partial charge in [0.15, 0.2) is 11.6 Å². The highest BCUT2D eigenvalue weighted by Gasteiger charge is 2.47. The molecular formula is C27H30F2N4O9. The molecule has 2 heterocycles. The summed E-state index contributed by atoms with van der Waals surface area (Å²) in [5, 5.41) is 21.3. The molecule has 2 aliphatic rings. The fourth-order valence-corrected chi connectivity index (χ4v) is 4.76. The zero-order valence-electron chi connectivity index (χ0n) is 22.7. The topological polar surface area (TPSA) is 176 Å². The molecule has 4 rings (SSSR count). The van der Waals surface area contributed by atoms with Crippen LogP contribution in [-0.2, 0) is 19.1 Å². The summed E-state index contributed by atoms with van der Waals surface area (Å²) in [5.74, 6) is -6.69. The van der Waals surface area contributed by atoms with Crippen molar-refractivity contribution in [1.82, 2.24) is 20.1 Å². The van der Waals surface area contributed by atoms with Gasteiger partial charge in [-0.05, 0) is 38.7 Å². The Morgan fingerprint density at radius 2 is 1.67 bits per heavy atom. The Labute approximate surface area is 238 Å². The van der Waals surface area contributed by atoms with E-state index in [4.69, 9.17) is 9.47 Å². The number of rotatable bonds is 10. The summed E-state index contributed by atoms with van der Waals surface area (Å²) in [7, 11) is 0. The number of amides is 3. The van der Waals surface area contributed by atoms with Crippen LogP contribution >= 0.6 is 0 Å². The molecule has 1 atom stereocenters. The molecule has 1 aliphatic carbocycles. The maximum atomic E-state index is 14.1. The first-order valence-corrected chi connectivity index (χ1v) is 13.4. The molecule has 0 bridgehead atoms. The molecule has 1 aromatic heterocycles. The fourth-order valence-electron chi connectivity index (χ4n) is 4.76. The van der Waals surface area contributed by atoms with E-state index in [9.17, 15) is 43.0 Å². The second-order valence-electron chi connectivity index (χ2n) is 10.0. The lowest BCUT2D eigenvalue weighted by atomic mass is 9.80. The number of carboxylic acid groups (broad SMARTS) is 2. The number of nitrogens with zero attached hydrogens (tertiary/aromatic N) is 3. The normalized spacial score (nSPS) is 16.7. The van der Waals surface area contributed by atoms with Crippen LogP contribution in [0.4, 0.5) is 13.6 Å². The van der Waals surface area contributed by atoms with Gasteiger partial charge >= 0.3 is 18.0 Å². The van der Waals surface area contributed by atoms with Gasteiger partial charge in [0, 0.05) is 50.1 Å². The summed E-state index contributed by atoms with van der Waals surface area (Å²) in [4.78, 5) is 68.7. The zero-order valence-corrected chi connectivity index (χ0v) is 22.7. The number of benzene rings is 1. The van der Waals surface area contributed by atoms with Crippen molar-refractivity contribution in [3.05, 3.63) is 35.5 Å². The van der Waals surface area contributed by atoms with E-state index in [2.05, 4.69) is 10.3 Å². The summed E-state index contributed by atoms with van der Waals surface area (Å²) in [5.41, 5.74) is -2.19. The largest absolute Gasteiger partial charge is 0.481 e. The molecule has 0 radical (unpaired) electrons. The van der Waals surface area contributed by atoms with E-state index in [-0.39, 0.29) is 74.4 Å². The lowest BCUT2D eigenvalue weighted by molar-refractivity contribution is -0.163. The predicted molar refractivity (Wildman–Crippen MR) is 140 cm³/mol. The number of carbonyl (C=O) groups excluding carboxylic acids is 3. The first kappa shape index (κ1) is 30.4. The van der Waals surface area contributed by atoms with E-state index in [0.29, 0.717) is 6.42 Å². The Kier molecular flexibility index (Phi) is 9.07. The smallest absolute Gasteiger partial charge is 0.409 e. The minimum Gasteiger partial charge on any atom is -0.481 e. The molecule has 1 saturated heterocycles. The van der Waals surface area contributed by atoms with Crippen LogP contribution in [0.15, 0.2) is 18.2 Å². The highest BCUT2D eigenvalue weighted by Crippen LogP contribution is 2.39. The van der Waals surface area contributed by atoms with Gasteiger partial charge in [0.2, 0.25) is 11.5 Å². The van der Waals surface area contributed by atoms with E-state index >= 15 is 0 Å². The maximum absolute atomic E-state index is 14.1. The van der Waals surface area contributed by atoms with Gasteiger partial charge < -0.3 is 34.8 Å². The van der Waals surface area contributed by atoms with E-state index in [0.717, 1.165) is 18.2 Å². The SMILES string of the molecule is CCOC(=O)N1CCN(C(=O)C(CCC(=O)O)NC(=O)c2cc(OC3(C(=O)O)CCC3)c3cc(F)c(F)cc3n2)CC1. The highest BCUT2D eigenvalue weighted by molar-refractivity contribution is 5.99. The average Bonchev–Trinajstić information content (AvgIpc) is 2.93. The molecule has 1 aromatic carbocycles. The molecule has 13 nitrogen and oxygen atoms in total. The van der Waals surface area contributed by atoms with Crippen LogP contribution in [0.25, 0.3) is 10.9 Å². The highest BCUT2D eigenvalue weighted by atomic mass is 19.2. The van der Waals surface area contributed by atoms with Gasteiger partial charge in [-0.15, -0.1) is 0 Å². The molecule has 3 N–H and O–H groups in total. The van der Waals surface area contributed by atoms with Crippen LogP contribution in [0.5, 0.6) is 5.75 Å². The van der Waals surface area contributed by atoms with Crippen molar-refractivity contribution in [2.24, 2.45) is 0 Å². The second-order valence-corrected chi connectivity index (χ2v) is 10.0. The molecule has 3 amide bonds. The van der Waals surface area contributed by atoms with Crippen molar-refractivity contribution in [1.29, 1.82) is 0 Å². The maximum Gasteiger partial charge on any atom is 0.409 e. The molecule has 0 spiro atoms. The standard InChI is InChI=1S/C27H30F2N4O9/c1-2-41-26(40)33-10-8-32(9-11-33)24(37)18(4-5-22(34)35)31-23(36)20-14-21(42-27(25(38)39)6-3-7-27)15-12-16(28)17(29)13-19(15)30-20/h12-14,18H,2-11H2,1H3,(H,31,36)(H,34,35)(H,38,39). The quantitative estimate of drug-likeness (QED) is 0.371. The van der Waals surface area contributed by atoms with Gasteiger partial charge in [-0.3, -0.25) is 14.4 Å². The first-order chi connectivity index (χ1) is 19.9. The Morgan fingerprint density at radius 1 is 1.02 bits per heavy atom. The Bertz CT molecular complexity index is 1410. The van der Waals surface area contributed by atoms with Gasteiger partial charge in [0.05, 0.1) is 12.1 Å². The third-order valence-electron chi connectivity index (χ3n) is 7.27. The van der Waals surface area contributed by atoms with Gasteiger partial charge in [-0.25, -0.2) is 23.4 Å². The Balaban J connectivity index is 1.59. The van der Waals surface area contributed by atoms with Crippen molar-refractivity contribution < 1.29 is 52.4 Å². The number of carboxylic acids is 2. The fraction of sp³-hybridized carbons (Fsp3) is 0.481. The van der Waals surface area contributed by atoms with E-state index in [1.54, 1.807) is 6.92 Å². The van der Waals surface area contributed by atoms with Crippen LogP contribution in [0.2, 0.25) is 0 Å². The molecule has 1 saturated carbocycles. The molecule has 15 heteroatoms. The van der Waals surface area contributed by atoms with Gasteiger partial charge in [-0.1, -0.05) is 0 Å². The number of pyridine rings is 1. The number of aromatic nitrogens is 1. The van der Waals surface area contributed by atoms with Crippen LogP contribution in [0, 0.1) is 11.6 Å². The minimum atomic E-state index is -1.61. The van der Waals surface area contributed by atoms with E-state index < -0.39 is 59.5 Å². The second kappa shape index (κ2) is 12.5. The van der Waals surface area contributed by atoms with Crippen molar-refractivity contribution in [3.8, 4) is 5.75 Å². The third kappa shape index (κ3) is 6.50. The van der Waals surface area contributed by atoms with Crippen LogP contribution < -0.4 is 10.1 Å². The summed E-state index contributed by atoms with van der Waals surface area (Å²) in [6.07, 6.45) is -0.364. The number of fused-ring (bicyclic) bond motifs is 1. The van der Waals surface area contributed by atoms with Crippen molar-refractivity contribution in [2.75, 3.05) is 32.8 Å². The molecule has 2 fully saturated rings. The number of halogens is 2. The number of carbonyl (C=O) groups is 5. The molecule has 2 aromatic rings. The molecule has 42 heavy (non-hydrogen) atoms. The lowest BCUT2D eigenvalue weighted by Gasteiger charge is -2.38. The predicted octanol–water partition coefficient (Wildman–Crippen LogP) is 2.16. The van der Waals surface area contributed by atoms with Crippen LogP contribution in [0.3, 0.4) is 0 Å². The third-order valence-corrected chi connectivity index (χ3v) is 7.27. The number of nitrogens with one attached hydrogen (secondary N) is 1. The van der Waals surface area contributed by atoms with Crippen LogP contribution in [-0.4, -0.2) is 99.3 Å². The first-order valence-electron chi connectivity index (χ1n) is 13.4. The van der Waals surface area contributed by atoms with Gasteiger partial charge in [0.1, 0.15) is 17.5 Å². The van der Waals surface area contributed by atoms with Gasteiger partial charge in [0.25, 0.3) is 5.91 Å². The van der Waals surface area contributed by atoms with Gasteiger partial charge in [-0.2, -0.15) is 0 Å². The van der Waals surface area contributed by atoms with Crippen LogP contribution in [0.1, 0.15) is 49.5 Å². The number of piperazine rings is 1. The number of hydrogen-bond donors (Lipinski definition) is 3.